The van der Waals surface area contributed by atoms with Crippen LogP contribution in [0.2, 0.25) is 0 Å². The summed E-state index contributed by atoms with van der Waals surface area (Å²) >= 11 is 0. The summed E-state index contributed by atoms with van der Waals surface area (Å²) in [5, 5.41) is 16.4. The van der Waals surface area contributed by atoms with Crippen molar-refractivity contribution in [3.05, 3.63) is 53.6 Å². The zero-order valence-electron chi connectivity index (χ0n) is 17.7. The third-order valence-corrected chi connectivity index (χ3v) is 6.58. The molecular formula is C24H26N4O3. The van der Waals surface area contributed by atoms with Crippen molar-refractivity contribution in [2.24, 2.45) is 11.8 Å². The standard InChI is InChI=1S/C24H26N4O3/c1-16-10-21(15-30-16)23-8-9-31-28(23)24(29)19-5-2-17(3-6-19)13-27-14-20-7-4-18(12-25)11-22(20)26-27/h4,7,10-11,14-15,17,19,23H,2-3,5-6,8-9,13H2,1H3/t17?,19?,23-/m0/s1. The average molecular weight is 418 g/mol. The van der Waals surface area contributed by atoms with E-state index in [9.17, 15) is 4.79 Å². The van der Waals surface area contributed by atoms with Gasteiger partial charge in [-0.2, -0.15) is 10.4 Å². The molecule has 2 fully saturated rings. The summed E-state index contributed by atoms with van der Waals surface area (Å²) < 4.78 is 7.42. The number of amides is 1. The SMILES string of the molecule is Cc1cc([C@@H]2CCON2C(=O)C2CCC(Cn3cc4ccc(C#N)cc4n3)CC2)co1. The molecule has 1 amide bonds. The second-order valence-electron chi connectivity index (χ2n) is 8.75. The lowest BCUT2D eigenvalue weighted by Gasteiger charge is -2.31. The first-order valence-electron chi connectivity index (χ1n) is 11.0. The Labute approximate surface area is 181 Å². The molecule has 5 rings (SSSR count). The first kappa shape index (κ1) is 19.8. The number of rotatable bonds is 4. The fourth-order valence-corrected chi connectivity index (χ4v) is 4.89. The Kier molecular flexibility index (Phi) is 5.24. The number of nitriles is 1. The summed E-state index contributed by atoms with van der Waals surface area (Å²) in [6, 6.07) is 9.71. The molecule has 3 aromatic rings. The van der Waals surface area contributed by atoms with E-state index in [-0.39, 0.29) is 17.9 Å². The first-order valence-corrected chi connectivity index (χ1v) is 11.0. The number of furan rings is 1. The molecule has 1 aliphatic heterocycles. The average Bonchev–Trinajstić information content (AvgIpc) is 3.52. The molecule has 3 heterocycles. The van der Waals surface area contributed by atoms with Gasteiger partial charge in [0.05, 0.1) is 36.1 Å². The lowest BCUT2D eigenvalue weighted by atomic mass is 9.81. The molecule has 0 bridgehead atoms. The summed E-state index contributed by atoms with van der Waals surface area (Å²) in [5.41, 5.74) is 2.50. The molecule has 160 valence electrons. The van der Waals surface area contributed by atoms with Crippen molar-refractivity contribution < 1.29 is 14.0 Å². The zero-order chi connectivity index (χ0) is 21.4. The number of hydrogen-bond acceptors (Lipinski definition) is 5. The Morgan fingerprint density at radius 1 is 1.23 bits per heavy atom. The van der Waals surface area contributed by atoms with Crippen molar-refractivity contribution in [2.75, 3.05) is 6.61 Å². The minimum Gasteiger partial charge on any atom is -0.469 e. The molecule has 1 saturated carbocycles. The minimum atomic E-state index is -0.0440. The lowest BCUT2D eigenvalue weighted by molar-refractivity contribution is -0.183. The van der Waals surface area contributed by atoms with Crippen LogP contribution in [0.4, 0.5) is 0 Å². The summed E-state index contributed by atoms with van der Waals surface area (Å²) in [7, 11) is 0. The Morgan fingerprint density at radius 3 is 2.81 bits per heavy atom. The Bertz CT molecular complexity index is 1130. The van der Waals surface area contributed by atoms with E-state index < -0.39 is 0 Å². The molecule has 31 heavy (non-hydrogen) atoms. The van der Waals surface area contributed by atoms with Crippen LogP contribution in [0.1, 0.15) is 55.0 Å². The Balaban J connectivity index is 1.19. The third kappa shape index (κ3) is 3.96. The fourth-order valence-electron chi connectivity index (χ4n) is 4.89. The van der Waals surface area contributed by atoms with Crippen LogP contribution in [0.5, 0.6) is 0 Å². The molecule has 2 aromatic heterocycles. The van der Waals surface area contributed by atoms with Crippen LogP contribution in [0.25, 0.3) is 10.9 Å². The van der Waals surface area contributed by atoms with Crippen molar-refractivity contribution in [3.8, 4) is 6.07 Å². The van der Waals surface area contributed by atoms with Gasteiger partial charge in [-0.05, 0) is 62.8 Å². The number of hydrogen-bond donors (Lipinski definition) is 0. The summed E-state index contributed by atoms with van der Waals surface area (Å²) in [6.07, 6.45) is 8.34. The van der Waals surface area contributed by atoms with E-state index in [0.29, 0.717) is 18.1 Å². The Hall–Kier alpha value is -3.11. The molecule has 0 N–H and O–H groups in total. The second kappa shape index (κ2) is 8.20. The van der Waals surface area contributed by atoms with E-state index >= 15 is 0 Å². The molecule has 1 atom stereocenters. The van der Waals surface area contributed by atoms with Gasteiger partial charge in [0.2, 0.25) is 5.91 Å². The van der Waals surface area contributed by atoms with Gasteiger partial charge in [0.15, 0.2) is 0 Å². The number of fused-ring (bicyclic) bond motifs is 1. The smallest absolute Gasteiger partial charge is 0.249 e. The highest BCUT2D eigenvalue weighted by Gasteiger charge is 2.37. The monoisotopic (exact) mass is 418 g/mol. The highest BCUT2D eigenvalue weighted by Crippen LogP contribution is 2.37. The number of aryl methyl sites for hydroxylation is 1. The van der Waals surface area contributed by atoms with Gasteiger partial charge in [0.25, 0.3) is 0 Å². The normalized spacial score (nSPS) is 23.9. The van der Waals surface area contributed by atoms with Gasteiger partial charge in [-0.15, -0.1) is 0 Å². The number of carbonyl (C=O) groups excluding carboxylic acids is 1. The lowest BCUT2D eigenvalue weighted by Crippen LogP contribution is -2.36. The van der Waals surface area contributed by atoms with Gasteiger partial charge in [-0.3, -0.25) is 14.3 Å². The molecule has 1 aromatic carbocycles. The number of benzene rings is 1. The molecular weight excluding hydrogens is 392 g/mol. The third-order valence-electron chi connectivity index (χ3n) is 6.58. The van der Waals surface area contributed by atoms with Gasteiger partial charge < -0.3 is 4.42 Å². The van der Waals surface area contributed by atoms with Crippen LogP contribution in [0.15, 0.2) is 41.1 Å². The van der Waals surface area contributed by atoms with E-state index in [2.05, 4.69) is 11.2 Å². The molecule has 7 nitrogen and oxygen atoms in total. The number of aromatic nitrogens is 2. The number of nitrogens with zero attached hydrogens (tertiary/aromatic N) is 4. The van der Waals surface area contributed by atoms with Gasteiger partial charge in [-0.1, -0.05) is 0 Å². The van der Waals surface area contributed by atoms with E-state index in [1.807, 2.05) is 42.1 Å². The van der Waals surface area contributed by atoms with Crippen molar-refractivity contribution >= 4 is 16.8 Å². The van der Waals surface area contributed by atoms with Gasteiger partial charge in [-0.25, -0.2) is 5.06 Å². The van der Waals surface area contributed by atoms with Crippen LogP contribution in [0.3, 0.4) is 0 Å². The van der Waals surface area contributed by atoms with Crippen LogP contribution >= 0.6 is 0 Å². The fraction of sp³-hybridized carbons (Fsp3) is 0.458. The maximum atomic E-state index is 13.2. The second-order valence-corrected chi connectivity index (χ2v) is 8.75. The largest absolute Gasteiger partial charge is 0.469 e. The molecule has 1 saturated heterocycles. The predicted octanol–water partition coefficient (Wildman–Crippen LogP) is 4.52. The summed E-state index contributed by atoms with van der Waals surface area (Å²) in [4.78, 5) is 18.9. The highest BCUT2D eigenvalue weighted by atomic mass is 16.7. The van der Waals surface area contributed by atoms with E-state index in [1.54, 1.807) is 11.3 Å². The molecule has 0 unspecified atom stereocenters. The Morgan fingerprint density at radius 2 is 2.06 bits per heavy atom. The number of carbonyl (C=O) groups is 1. The van der Waals surface area contributed by atoms with Crippen molar-refractivity contribution in [1.29, 1.82) is 5.26 Å². The molecule has 7 heteroatoms. The number of hydroxylamine groups is 2. The van der Waals surface area contributed by atoms with Crippen LogP contribution < -0.4 is 0 Å². The first-order chi connectivity index (χ1) is 15.1. The van der Waals surface area contributed by atoms with Crippen molar-refractivity contribution in [3.63, 3.8) is 0 Å². The molecule has 2 aliphatic rings. The molecule has 1 aliphatic carbocycles. The van der Waals surface area contributed by atoms with Crippen molar-refractivity contribution in [2.45, 2.75) is 51.6 Å². The molecule has 0 spiro atoms. The quantitative estimate of drug-likeness (QED) is 0.622. The van der Waals surface area contributed by atoms with Gasteiger partial charge >= 0.3 is 0 Å². The maximum absolute atomic E-state index is 13.2. The summed E-state index contributed by atoms with van der Waals surface area (Å²) in [6.45, 7) is 3.32. The van der Waals surface area contributed by atoms with E-state index in [4.69, 9.17) is 14.5 Å². The van der Waals surface area contributed by atoms with Crippen LogP contribution in [-0.2, 0) is 16.2 Å². The van der Waals surface area contributed by atoms with E-state index in [0.717, 1.165) is 60.9 Å². The van der Waals surface area contributed by atoms with E-state index in [1.165, 1.54) is 0 Å². The topological polar surface area (TPSA) is 84.3 Å². The predicted molar refractivity (Wildman–Crippen MR) is 113 cm³/mol. The summed E-state index contributed by atoms with van der Waals surface area (Å²) in [5.74, 6) is 1.47. The minimum absolute atomic E-state index is 0.0136. The van der Waals surface area contributed by atoms with Crippen LogP contribution in [0, 0.1) is 30.1 Å². The highest BCUT2D eigenvalue weighted by molar-refractivity contribution is 5.79. The molecule has 0 radical (unpaired) electrons. The zero-order valence-corrected chi connectivity index (χ0v) is 17.7. The maximum Gasteiger partial charge on any atom is 0.249 e. The van der Waals surface area contributed by atoms with Gasteiger partial charge in [0.1, 0.15) is 5.76 Å². The van der Waals surface area contributed by atoms with Crippen molar-refractivity contribution in [1.82, 2.24) is 14.8 Å². The van der Waals surface area contributed by atoms with Gasteiger partial charge in [0, 0.05) is 36.0 Å². The van der Waals surface area contributed by atoms with Crippen LogP contribution in [-0.4, -0.2) is 27.4 Å².